The minimum absolute atomic E-state index is 0.0202. The molecule has 6 nitrogen and oxygen atoms in total. The van der Waals surface area contributed by atoms with Crippen molar-refractivity contribution in [1.82, 2.24) is 19.9 Å². The summed E-state index contributed by atoms with van der Waals surface area (Å²) in [5.74, 6) is 0.896. The molecule has 0 bridgehead atoms. The number of nitrogens with one attached hydrogen (secondary N) is 1. The Balaban J connectivity index is 1.81. The van der Waals surface area contributed by atoms with Gasteiger partial charge in [-0.05, 0) is 22.9 Å². The Morgan fingerprint density at radius 3 is 2.45 bits per heavy atom. The fraction of sp³-hybridized carbons (Fsp3) is 0.667. The number of hydrogen-bond acceptors (Lipinski definition) is 6. The molecule has 29 heavy (non-hydrogen) atoms. The quantitative estimate of drug-likeness (QED) is 0.404. The molecular formula is C21H34N4O2SSi. The maximum absolute atomic E-state index is 12.4. The van der Waals surface area contributed by atoms with E-state index in [0.29, 0.717) is 34.9 Å². The molecular weight excluding hydrogens is 400 g/mol. The summed E-state index contributed by atoms with van der Waals surface area (Å²) in [5.41, 5.74) is 4.35. The van der Waals surface area contributed by atoms with Crippen LogP contribution in [0.2, 0.25) is 16.6 Å². The van der Waals surface area contributed by atoms with E-state index in [1.165, 1.54) is 11.8 Å². The van der Waals surface area contributed by atoms with Crippen LogP contribution in [-0.2, 0) is 19.5 Å². The number of oxazole rings is 1. The molecule has 1 N–H and O–H groups in total. The molecule has 3 rings (SSSR count). The smallest absolute Gasteiger partial charge is 0.256 e. The normalized spacial score (nSPS) is 15.5. The Labute approximate surface area is 178 Å². The van der Waals surface area contributed by atoms with Crippen molar-refractivity contribution in [3.8, 4) is 0 Å². The molecule has 0 saturated carbocycles. The third-order valence-electron chi connectivity index (χ3n) is 6.49. The second kappa shape index (κ2) is 8.77. The van der Waals surface area contributed by atoms with Gasteiger partial charge in [0.15, 0.2) is 18.7 Å². The standard InChI is InChI=1S/C21H34N4O2SSi/c1-13(2)29(14(3)4,15(5)6)21-22-10-16(27-21)11-25-9-8-18-17(12-25)19(26)24-20(23-18)28-7/h10,13-15H,8-9,11-12H2,1-7H3,(H,23,24,26). The first-order chi connectivity index (χ1) is 13.7. The third-order valence-corrected chi connectivity index (χ3v) is 13.8. The van der Waals surface area contributed by atoms with Crippen molar-refractivity contribution in [3.63, 3.8) is 0 Å². The van der Waals surface area contributed by atoms with Crippen LogP contribution in [0, 0.1) is 0 Å². The lowest BCUT2D eigenvalue weighted by Gasteiger charge is -2.39. The van der Waals surface area contributed by atoms with Crippen LogP contribution in [0.25, 0.3) is 0 Å². The zero-order valence-electron chi connectivity index (χ0n) is 18.7. The van der Waals surface area contributed by atoms with E-state index >= 15 is 0 Å². The van der Waals surface area contributed by atoms with Crippen molar-refractivity contribution < 1.29 is 4.42 Å². The van der Waals surface area contributed by atoms with Gasteiger partial charge in [0, 0.05) is 19.5 Å². The number of nitrogens with zero attached hydrogens (tertiary/aromatic N) is 3. The summed E-state index contributed by atoms with van der Waals surface area (Å²) in [4.78, 5) is 26.9. The minimum Gasteiger partial charge on any atom is -0.449 e. The van der Waals surface area contributed by atoms with E-state index in [1.807, 2.05) is 12.5 Å². The fourth-order valence-electron chi connectivity index (χ4n) is 5.23. The number of H-pyrrole nitrogens is 1. The zero-order valence-corrected chi connectivity index (χ0v) is 20.5. The van der Waals surface area contributed by atoms with E-state index in [2.05, 4.69) is 56.4 Å². The van der Waals surface area contributed by atoms with Crippen molar-refractivity contribution >= 4 is 25.3 Å². The van der Waals surface area contributed by atoms with Crippen LogP contribution in [0.3, 0.4) is 0 Å². The Bertz CT molecular complexity index is 885. The van der Waals surface area contributed by atoms with E-state index in [9.17, 15) is 4.79 Å². The summed E-state index contributed by atoms with van der Waals surface area (Å²) in [7, 11) is -1.89. The van der Waals surface area contributed by atoms with Gasteiger partial charge in [-0.1, -0.05) is 53.3 Å². The maximum Gasteiger partial charge on any atom is 0.256 e. The molecule has 0 aliphatic carbocycles. The van der Waals surface area contributed by atoms with Gasteiger partial charge >= 0.3 is 0 Å². The lowest BCUT2D eigenvalue weighted by molar-refractivity contribution is 0.223. The molecule has 1 aliphatic heterocycles. The predicted molar refractivity (Wildman–Crippen MR) is 122 cm³/mol. The molecule has 0 aromatic carbocycles. The molecule has 8 heteroatoms. The summed E-state index contributed by atoms with van der Waals surface area (Å²) < 4.78 is 6.39. The highest BCUT2D eigenvalue weighted by molar-refractivity contribution is 7.98. The van der Waals surface area contributed by atoms with Gasteiger partial charge in [-0.25, -0.2) is 9.97 Å². The topological polar surface area (TPSA) is 75.0 Å². The molecule has 0 saturated heterocycles. The van der Waals surface area contributed by atoms with Gasteiger partial charge in [0.05, 0.1) is 24.0 Å². The second-order valence-corrected chi connectivity index (χ2v) is 15.5. The van der Waals surface area contributed by atoms with Gasteiger partial charge in [-0.2, -0.15) is 0 Å². The molecule has 2 aromatic rings. The largest absolute Gasteiger partial charge is 0.449 e. The molecule has 2 aromatic heterocycles. The van der Waals surface area contributed by atoms with Crippen LogP contribution in [-0.4, -0.2) is 40.7 Å². The van der Waals surface area contributed by atoms with Crippen LogP contribution in [0.4, 0.5) is 0 Å². The van der Waals surface area contributed by atoms with Crippen LogP contribution in [0.5, 0.6) is 0 Å². The highest BCUT2D eigenvalue weighted by atomic mass is 32.2. The zero-order chi connectivity index (χ0) is 21.3. The molecule has 0 radical (unpaired) electrons. The van der Waals surface area contributed by atoms with E-state index in [-0.39, 0.29) is 5.56 Å². The summed E-state index contributed by atoms with van der Waals surface area (Å²) in [6.45, 7) is 16.1. The van der Waals surface area contributed by atoms with Crippen molar-refractivity contribution in [2.24, 2.45) is 0 Å². The molecule has 160 valence electrons. The van der Waals surface area contributed by atoms with E-state index in [1.54, 1.807) is 0 Å². The predicted octanol–water partition coefficient (Wildman–Crippen LogP) is 3.92. The Hall–Kier alpha value is -1.38. The first-order valence-electron chi connectivity index (χ1n) is 10.5. The Morgan fingerprint density at radius 2 is 1.86 bits per heavy atom. The number of hydrogen-bond donors (Lipinski definition) is 1. The van der Waals surface area contributed by atoms with Crippen LogP contribution < -0.4 is 11.1 Å². The van der Waals surface area contributed by atoms with E-state index in [4.69, 9.17) is 9.40 Å². The van der Waals surface area contributed by atoms with Crippen molar-refractivity contribution in [1.29, 1.82) is 0 Å². The first kappa shape index (κ1) is 22.3. The number of thioether (sulfide) groups is 1. The molecule has 0 spiro atoms. The summed E-state index contributed by atoms with van der Waals surface area (Å²) in [6.07, 6.45) is 4.62. The average Bonchev–Trinajstić information content (AvgIpc) is 3.10. The van der Waals surface area contributed by atoms with Crippen LogP contribution in [0.15, 0.2) is 20.6 Å². The van der Waals surface area contributed by atoms with Crippen molar-refractivity contribution in [2.75, 3.05) is 12.8 Å². The summed E-state index contributed by atoms with van der Waals surface area (Å²) >= 11 is 1.47. The van der Waals surface area contributed by atoms with Gasteiger partial charge in [0.2, 0.25) is 0 Å². The lowest BCUT2D eigenvalue weighted by atomic mass is 10.1. The first-order valence-corrected chi connectivity index (χ1v) is 14.0. The molecule has 1 aliphatic rings. The number of aromatic amines is 1. The number of fused-ring (bicyclic) bond motifs is 1. The van der Waals surface area contributed by atoms with Crippen LogP contribution in [0.1, 0.15) is 58.6 Å². The molecule has 0 fully saturated rings. The Morgan fingerprint density at radius 1 is 1.21 bits per heavy atom. The third kappa shape index (κ3) is 4.11. The van der Waals surface area contributed by atoms with Gasteiger partial charge in [-0.15, -0.1) is 0 Å². The molecule has 0 atom stereocenters. The maximum atomic E-state index is 12.4. The second-order valence-electron chi connectivity index (χ2n) is 8.99. The highest BCUT2D eigenvalue weighted by Crippen LogP contribution is 2.40. The summed E-state index contributed by atoms with van der Waals surface area (Å²) in [6, 6.07) is 0. The van der Waals surface area contributed by atoms with Gasteiger partial charge in [-0.3, -0.25) is 9.69 Å². The molecule has 3 heterocycles. The SMILES string of the molecule is CSc1nc2c(c(=O)[nH]1)CN(Cc1cnc([Si](C(C)C)(C(C)C)C(C)C)o1)CC2. The van der Waals surface area contributed by atoms with Gasteiger partial charge in [0.25, 0.3) is 5.56 Å². The molecule has 0 unspecified atom stereocenters. The number of rotatable bonds is 7. The van der Waals surface area contributed by atoms with E-state index < -0.39 is 8.07 Å². The lowest BCUT2D eigenvalue weighted by Crippen LogP contribution is -2.56. The average molecular weight is 435 g/mol. The molecule has 0 amide bonds. The number of aromatic nitrogens is 3. The van der Waals surface area contributed by atoms with Gasteiger partial charge in [0.1, 0.15) is 5.76 Å². The summed E-state index contributed by atoms with van der Waals surface area (Å²) in [5, 5.41) is 0.694. The highest BCUT2D eigenvalue weighted by Gasteiger charge is 2.49. The van der Waals surface area contributed by atoms with Crippen molar-refractivity contribution in [3.05, 3.63) is 33.6 Å². The fourth-order valence-corrected chi connectivity index (χ4v) is 11.7. The van der Waals surface area contributed by atoms with Crippen molar-refractivity contribution in [2.45, 2.75) is 82.8 Å². The minimum atomic E-state index is -1.89. The van der Waals surface area contributed by atoms with E-state index in [0.717, 1.165) is 35.5 Å². The monoisotopic (exact) mass is 434 g/mol. The van der Waals surface area contributed by atoms with Gasteiger partial charge < -0.3 is 9.40 Å². The Kier molecular flexibility index (Phi) is 6.75. The van der Waals surface area contributed by atoms with Crippen LogP contribution >= 0.6 is 11.8 Å².